The Kier molecular flexibility index (Phi) is 5.22. The molecule has 0 radical (unpaired) electrons. The molecule has 2 aromatic heterocycles. The summed E-state index contributed by atoms with van der Waals surface area (Å²) in [7, 11) is 1.62. The SMILES string of the molecule is COCCn1nnnc1[C@@H]1CN(C(=O)Nc2cccc3cc(C)oc23)CCO1. The van der Waals surface area contributed by atoms with Gasteiger partial charge in [0.2, 0.25) is 0 Å². The van der Waals surface area contributed by atoms with Gasteiger partial charge in [0.1, 0.15) is 11.9 Å². The van der Waals surface area contributed by atoms with E-state index in [-0.39, 0.29) is 6.03 Å². The second kappa shape index (κ2) is 7.95. The highest BCUT2D eigenvalue weighted by Crippen LogP contribution is 2.27. The van der Waals surface area contributed by atoms with E-state index >= 15 is 0 Å². The molecule has 1 aliphatic rings. The van der Waals surface area contributed by atoms with Crippen molar-refractivity contribution in [3.63, 3.8) is 0 Å². The molecule has 2 amide bonds. The van der Waals surface area contributed by atoms with Gasteiger partial charge in [-0.2, -0.15) is 0 Å². The van der Waals surface area contributed by atoms with Crippen molar-refractivity contribution in [3.05, 3.63) is 35.9 Å². The summed E-state index contributed by atoms with van der Waals surface area (Å²) in [5.41, 5.74) is 1.31. The summed E-state index contributed by atoms with van der Waals surface area (Å²) in [6, 6.07) is 7.39. The number of nitrogens with one attached hydrogen (secondary N) is 1. The smallest absolute Gasteiger partial charge is 0.322 e. The minimum absolute atomic E-state index is 0.217. The third-order valence-electron chi connectivity index (χ3n) is 4.62. The monoisotopic (exact) mass is 386 g/mol. The third kappa shape index (κ3) is 3.69. The van der Waals surface area contributed by atoms with E-state index in [9.17, 15) is 4.79 Å². The second-order valence-electron chi connectivity index (χ2n) is 6.57. The van der Waals surface area contributed by atoms with Crippen LogP contribution in [0.4, 0.5) is 10.5 Å². The zero-order chi connectivity index (χ0) is 19.5. The molecule has 1 atom stereocenters. The molecule has 1 aliphatic heterocycles. The van der Waals surface area contributed by atoms with Crippen molar-refractivity contribution in [2.75, 3.05) is 38.7 Å². The van der Waals surface area contributed by atoms with Crippen molar-refractivity contribution >= 4 is 22.7 Å². The number of morpholine rings is 1. The van der Waals surface area contributed by atoms with Gasteiger partial charge in [0.15, 0.2) is 11.4 Å². The van der Waals surface area contributed by atoms with Crippen molar-refractivity contribution in [2.45, 2.75) is 19.6 Å². The number of para-hydroxylation sites is 1. The number of carbonyl (C=O) groups is 1. The van der Waals surface area contributed by atoms with E-state index in [1.165, 1.54) is 0 Å². The first-order valence-electron chi connectivity index (χ1n) is 9.07. The van der Waals surface area contributed by atoms with Crippen LogP contribution in [0.15, 0.2) is 28.7 Å². The molecule has 3 heterocycles. The Hall–Kier alpha value is -2.98. The summed E-state index contributed by atoms with van der Waals surface area (Å²) in [6.07, 6.45) is -0.395. The van der Waals surface area contributed by atoms with Crippen LogP contribution >= 0.6 is 0 Å². The van der Waals surface area contributed by atoms with Crippen molar-refractivity contribution < 1.29 is 18.7 Å². The summed E-state index contributed by atoms with van der Waals surface area (Å²) in [5, 5.41) is 15.6. The minimum atomic E-state index is -0.395. The highest BCUT2D eigenvalue weighted by atomic mass is 16.5. The molecule has 1 aromatic carbocycles. The number of urea groups is 1. The number of aromatic nitrogens is 4. The van der Waals surface area contributed by atoms with Crippen LogP contribution in [0, 0.1) is 6.92 Å². The molecule has 4 rings (SSSR count). The van der Waals surface area contributed by atoms with Crippen LogP contribution in [-0.4, -0.2) is 64.6 Å². The van der Waals surface area contributed by atoms with Crippen LogP contribution in [0.5, 0.6) is 0 Å². The first-order valence-corrected chi connectivity index (χ1v) is 9.07. The van der Waals surface area contributed by atoms with Gasteiger partial charge >= 0.3 is 6.03 Å². The third-order valence-corrected chi connectivity index (χ3v) is 4.62. The number of carbonyl (C=O) groups excluding carboxylic acids is 1. The van der Waals surface area contributed by atoms with Crippen molar-refractivity contribution in [1.29, 1.82) is 0 Å². The van der Waals surface area contributed by atoms with E-state index in [2.05, 4.69) is 20.8 Å². The molecule has 0 unspecified atom stereocenters. The lowest BCUT2D eigenvalue weighted by atomic mass is 10.2. The molecule has 148 valence electrons. The summed E-state index contributed by atoms with van der Waals surface area (Å²) in [6.45, 7) is 4.12. The lowest BCUT2D eigenvalue weighted by molar-refractivity contribution is -0.0209. The van der Waals surface area contributed by atoms with E-state index in [0.29, 0.717) is 49.9 Å². The van der Waals surface area contributed by atoms with Gasteiger partial charge in [-0.1, -0.05) is 12.1 Å². The van der Waals surface area contributed by atoms with Gasteiger partial charge in [0, 0.05) is 19.0 Å². The molecule has 0 aliphatic carbocycles. The topological polar surface area (TPSA) is 108 Å². The molecule has 0 saturated carbocycles. The Labute approximate surface area is 161 Å². The lowest BCUT2D eigenvalue weighted by Gasteiger charge is -2.32. The van der Waals surface area contributed by atoms with E-state index in [0.717, 1.165) is 11.1 Å². The molecule has 0 spiro atoms. The molecule has 3 aromatic rings. The van der Waals surface area contributed by atoms with Crippen molar-refractivity contribution in [2.24, 2.45) is 0 Å². The highest BCUT2D eigenvalue weighted by molar-refractivity contribution is 5.99. The predicted molar refractivity (Wildman–Crippen MR) is 99.9 cm³/mol. The number of nitrogens with zero attached hydrogens (tertiary/aromatic N) is 5. The maximum Gasteiger partial charge on any atom is 0.322 e. The van der Waals surface area contributed by atoms with Crippen LogP contribution in [0.1, 0.15) is 17.7 Å². The molecular formula is C18H22N6O4. The Bertz CT molecular complexity index is 968. The number of benzene rings is 1. The first-order chi connectivity index (χ1) is 13.7. The van der Waals surface area contributed by atoms with E-state index in [1.54, 1.807) is 16.7 Å². The standard InChI is InChI=1S/C18H22N6O4/c1-12-10-13-4-3-5-14(16(13)28-12)19-18(25)23-6-9-27-15(11-23)17-20-21-22-24(17)7-8-26-2/h3-5,10,15H,6-9,11H2,1-2H3,(H,19,25)/t15-/m0/s1. The van der Waals surface area contributed by atoms with E-state index < -0.39 is 6.10 Å². The van der Waals surface area contributed by atoms with Gasteiger partial charge in [0.25, 0.3) is 0 Å². The van der Waals surface area contributed by atoms with Crippen LogP contribution < -0.4 is 5.32 Å². The Morgan fingerprint density at radius 1 is 1.43 bits per heavy atom. The molecule has 10 heteroatoms. The number of hydrogen-bond acceptors (Lipinski definition) is 7. The number of fused-ring (bicyclic) bond motifs is 1. The number of hydrogen-bond donors (Lipinski definition) is 1. The number of ether oxygens (including phenoxy) is 2. The molecule has 28 heavy (non-hydrogen) atoms. The molecule has 1 fully saturated rings. The fourth-order valence-corrected chi connectivity index (χ4v) is 3.25. The summed E-state index contributed by atoms with van der Waals surface area (Å²) >= 11 is 0. The van der Waals surface area contributed by atoms with Gasteiger partial charge < -0.3 is 24.1 Å². The number of rotatable bonds is 5. The zero-order valence-corrected chi connectivity index (χ0v) is 15.8. The quantitative estimate of drug-likeness (QED) is 0.714. The summed E-state index contributed by atoms with van der Waals surface area (Å²) in [5.74, 6) is 1.38. The molecule has 1 saturated heterocycles. The number of furan rings is 1. The van der Waals surface area contributed by atoms with Gasteiger partial charge in [0.05, 0.1) is 32.0 Å². The molecule has 1 N–H and O–H groups in total. The number of tetrazole rings is 1. The minimum Gasteiger partial charge on any atom is -0.459 e. The van der Waals surface area contributed by atoms with Crippen LogP contribution in [-0.2, 0) is 16.0 Å². The Morgan fingerprint density at radius 3 is 3.18 bits per heavy atom. The van der Waals surface area contributed by atoms with Crippen molar-refractivity contribution in [3.8, 4) is 0 Å². The first kappa shape index (κ1) is 18.4. The molecular weight excluding hydrogens is 364 g/mol. The van der Waals surface area contributed by atoms with Crippen LogP contribution in [0.2, 0.25) is 0 Å². The van der Waals surface area contributed by atoms with Gasteiger partial charge in [-0.05, 0) is 29.5 Å². The second-order valence-corrected chi connectivity index (χ2v) is 6.57. The fraction of sp³-hybridized carbons (Fsp3) is 0.444. The van der Waals surface area contributed by atoms with Gasteiger partial charge in [-0.25, -0.2) is 9.48 Å². The van der Waals surface area contributed by atoms with Crippen molar-refractivity contribution in [1.82, 2.24) is 25.1 Å². The summed E-state index contributed by atoms with van der Waals surface area (Å²) in [4.78, 5) is 14.5. The maximum absolute atomic E-state index is 12.8. The highest BCUT2D eigenvalue weighted by Gasteiger charge is 2.29. The number of aryl methyl sites for hydroxylation is 1. The average Bonchev–Trinajstić information content (AvgIpc) is 3.32. The Morgan fingerprint density at radius 2 is 2.32 bits per heavy atom. The number of amides is 2. The van der Waals surface area contributed by atoms with Crippen LogP contribution in [0.25, 0.3) is 11.0 Å². The normalized spacial score (nSPS) is 17.2. The van der Waals surface area contributed by atoms with E-state index in [4.69, 9.17) is 13.9 Å². The molecule has 10 nitrogen and oxygen atoms in total. The molecule has 0 bridgehead atoms. The van der Waals surface area contributed by atoms with Crippen LogP contribution in [0.3, 0.4) is 0 Å². The number of anilines is 1. The number of methoxy groups -OCH3 is 1. The zero-order valence-electron chi connectivity index (χ0n) is 15.8. The van der Waals surface area contributed by atoms with E-state index in [1.807, 2.05) is 31.2 Å². The largest absolute Gasteiger partial charge is 0.459 e. The fourth-order valence-electron chi connectivity index (χ4n) is 3.25. The Balaban J connectivity index is 1.47. The lowest BCUT2D eigenvalue weighted by Crippen LogP contribution is -2.45. The average molecular weight is 386 g/mol. The van der Waals surface area contributed by atoms with Gasteiger partial charge in [-0.3, -0.25) is 0 Å². The summed E-state index contributed by atoms with van der Waals surface area (Å²) < 4.78 is 18.2. The maximum atomic E-state index is 12.8. The van der Waals surface area contributed by atoms with Gasteiger partial charge in [-0.15, -0.1) is 5.10 Å². The predicted octanol–water partition coefficient (Wildman–Crippen LogP) is 1.98.